The first kappa shape index (κ1) is 16.1. The fourth-order valence-electron chi connectivity index (χ4n) is 2.86. The van der Waals surface area contributed by atoms with E-state index in [2.05, 4.69) is 4.90 Å². The number of methoxy groups -OCH3 is 1. The molecule has 2 aliphatic rings. The number of amides is 1. The summed E-state index contributed by atoms with van der Waals surface area (Å²) in [4.78, 5) is 16.9. The van der Waals surface area contributed by atoms with Crippen LogP contribution >= 0.6 is 11.8 Å². The van der Waals surface area contributed by atoms with Gasteiger partial charge < -0.3 is 15.4 Å². The van der Waals surface area contributed by atoms with Crippen LogP contribution in [0.2, 0.25) is 0 Å². The number of nitrogens with two attached hydrogens (primary N) is 1. The zero-order valence-electron chi connectivity index (χ0n) is 12.4. The summed E-state index contributed by atoms with van der Waals surface area (Å²) in [5.74, 6) is 2.49. The van der Waals surface area contributed by atoms with E-state index >= 15 is 0 Å². The minimum absolute atomic E-state index is 0.255. The molecule has 2 rings (SSSR count). The smallest absolute Gasteiger partial charge is 0.237 e. The van der Waals surface area contributed by atoms with Crippen molar-refractivity contribution in [1.82, 2.24) is 9.80 Å². The quantitative estimate of drug-likeness (QED) is 0.769. The maximum absolute atomic E-state index is 12.6. The second-order valence-corrected chi connectivity index (χ2v) is 6.86. The van der Waals surface area contributed by atoms with Crippen LogP contribution < -0.4 is 5.73 Å². The van der Waals surface area contributed by atoms with E-state index in [-0.39, 0.29) is 5.91 Å². The highest BCUT2D eigenvalue weighted by Crippen LogP contribution is 2.22. The Hall–Kier alpha value is -0.300. The molecule has 20 heavy (non-hydrogen) atoms. The Morgan fingerprint density at radius 1 is 1.40 bits per heavy atom. The van der Waals surface area contributed by atoms with Crippen molar-refractivity contribution in [3.63, 3.8) is 0 Å². The van der Waals surface area contributed by atoms with E-state index in [9.17, 15) is 4.79 Å². The maximum Gasteiger partial charge on any atom is 0.237 e. The van der Waals surface area contributed by atoms with E-state index in [1.807, 2.05) is 16.7 Å². The molecule has 0 aromatic carbocycles. The summed E-state index contributed by atoms with van der Waals surface area (Å²) in [6.45, 7) is 3.78. The van der Waals surface area contributed by atoms with E-state index in [1.165, 1.54) is 5.75 Å². The number of hydrogen-bond donors (Lipinski definition) is 1. The van der Waals surface area contributed by atoms with Gasteiger partial charge in [-0.2, -0.15) is 11.8 Å². The van der Waals surface area contributed by atoms with Gasteiger partial charge in [-0.1, -0.05) is 0 Å². The first-order valence-corrected chi connectivity index (χ1v) is 8.70. The third-order valence-electron chi connectivity index (χ3n) is 4.19. The number of ether oxygens (including phenoxy) is 1. The standard InChI is InChI=1S/C14H27N3O2S/c1-19-8-7-17(13-4-9-20-11-13)14(18)10-16-5-2-12(15)3-6-16/h12-13H,2-11,15H2,1H3. The van der Waals surface area contributed by atoms with Gasteiger partial charge in [0, 0.05) is 44.6 Å². The summed E-state index contributed by atoms with van der Waals surface area (Å²) < 4.78 is 5.16. The lowest BCUT2D eigenvalue weighted by molar-refractivity contribution is -0.135. The molecule has 0 aromatic rings. The first-order valence-electron chi connectivity index (χ1n) is 7.54. The van der Waals surface area contributed by atoms with Crippen molar-refractivity contribution in [1.29, 1.82) is 0 Å². The van der Waals surface area contributed by atoms with Gasteiger partial charge in [-0.25, -0.2) is 0 Å². The number of nitrogens with zero attached hydrogens (tertiary/aromatic N) is 2. The Kier molecular flexibility index (Phi) is 6.61. The van der Waals surface area contributed by atoms with E-state index in [0.717, 1.165) is 38.1 Å². The van der Waals surface area contributed by atoms with E-state index < -0.39 is 0 Å². The lowest BCUT2D eigenvalue weighted by atomic mass is 10.1. The summed E-state index contributed by atoms with van der Waals surface area (Å²) in [6.07, 6.45) is 3.13. The normalized spacial score (nSPS) is 25.0. The topological polar surface area (TPSA) is 58.8 Å². The summed E-state index contributed by atoms with van der Waals surface area (Å²) in [7, 11) is 1.69. The fourth-order valence-corrected chi connectivity index (χ4v) is 4.09. The number of likely N-dealkylation sites (tertiary alicyclic amines) is 1. The van der Waals surface area contributed by atoms with Crippen molar-refractivity contribution < 1.29 is 9.53 Å². The average molecular weight is 301 g/mol. The van der Waals surface area contributed by atoms with Crippen molar-refractivity contribution in [2.75, 3.05) is 51.4 Å². The molecule has 1 unspecified atom stereocenters. The molecule has 116 valence electrons. The molecule has 1 atom stereocenters. The second kappa shape index (κ2) is 8.22. The minimum Gasteiger partial charge on any atom is -0.383 e. The second-order valence-electron chi connectivity index (χ2n) is 5.71. The van der Waals surface area contributed by atoms with Crippen LogP contribution in [0.15, 0.2) is 0 Å². The largest absolute Gasteiger partial charge is 0.383 e. The van der Waals surface area contributed by atoms with Crippen molar-refractivity contribution in [2.45, 2.75) is 31.3 Å². The average Bonchev–Trinajstić information content (AvgIpc) is 2.96. The highest BCUT2D eigenvalue weighted by molar-refractivity contribution is 7.99. The van der Waals surface area contributed by atoms with Crippen LogP contribution in [0.25, 0.3) is 0 Å². The Morgan fingerprint density at radius 2 is 2.15 bits per heavy atom. The molecule has 2 heterocycles. The Bertz CT molecular complexity index is 303. The van der Waals surface area contributed by atoms with Gasteiger partial charge in [-0.05, 0) is 25.0 Å². The number of rotatable bonds is 6. The summed E-state index contributed by atoms with van der Waals surface area (Å²) >= 11 is 1.94. The molecule has 6 heteroatoms. The molecule has 5 nitrogen and oxygen atoms in total. The van der Waals surface area contributed by atoms with Gasteiger partial charge in [0.25, 0.3) is 0 Å². The number of hydrogen-bond acceptors (Lipinski definition) is 5. The fraction of sp³-hybridized carbons (Fsp3) is 0.929. The van der Waals surface area contributed by atoms with E-state index in [1.54, 1.807) is 7.11 Å². The molecule has 2 N–H and O–H groups in total. The summed E-state index contributed by atoms with van der Waals surface area (Å²) in [6, 6.07) is 0.715. The zero-order chi connectivity index (χ0) is 14.4. The zero-order valence-corrected chi connectivity index (χ0v) is 13.2. The van der Waals surface area contributed by atoms with E-state index in [0.29, 0.717) is 31.8 Å². The summed E-state index contributed by atoms with van der Waals surface area (Å²) in [5, 5.41) is 0. The molecule has 0 spiro atoms. The van der Waals surface area contributed by atoms with Gasteiger partial charge in [-0.3, -0.25) is 9.69 Å². The Labute approximate surface area is 126 Å². The van der Waals surface area contributed by atoms with Gasteiger partial charge in [0.2, 0.25) is 5.91 Å². The number of thioether (sulfide) groups is 1. The molecule has 0 saturated carbocycles. The van der Waals surface area contributed by atoms with Crippen LogP contribution in [0.3, 0.4) is 0 Å². The third-order valence-corrected chi connectivity index (χ3v) is 5.34. The molecule has 1 amide bonds. The van der Waals surface area contributed by atoms with Crippen LogP contribution in [-0.2, 0) is 9.53 Å². The Balaban J connectivity index is 1.85. The monoisotopic (exact) mass is 301 g/mol. The van der Waals surface area contributed by atoms with Crippen molar-refractivity contribution in [3.05, 3.63) is 0 Å². The molecule has 0 bridgehead atoms. The molecule has 2 saturated heterocycles. The lowest BCUT2D eigenvalue weighted by Crippen LogP contribution is -2.49. The van der Waals surface area contributed by atoms with Gasteiger partial charge in [-0.15, -0.1) is 0 Å². The highest BCUT2D eigenvalue weighted by Gasteiger charge is 2.28. The van der Waals surface area contributed by atoms with Crippen LogP contribution in [0, 0.1) is 0 Å². The maximum atomic E-state index is 12.6. The molecule has 0 aliphatic carbocycles. The molecular weight excluding hydrogens is 274 g/mol. The van der Waals surface area contributed by atoms with Gasteiger partial charge in [0.05, 0.1) is 13.2 Å². The molecule has 2 fully saturated rings. The molecular formula is C14H27N3O2S. The predicted octanol–water partition coefficient (Wildman–Crippen LogP) is 0.390. The van der Waals surface area contributed by atoms with Crippen LogP contribution in [-0.4, -0.2) is 79.2 Å². The highest BCUT2D eigenvalue weighted by atomic mass is 32.2. The van der Waals surface area contributed by atoms with E-state index in [4.69, 9.17) is 10.5 Å². The lowest BCUT2D eigenvalue weighted by Gasteiger charge is -2.34. The molecule has 2 aliphatic heterocycles. The minimum atomic E-state index is 0.255. The molecule has 0 radical (unpaired) electrons. The van der Waals surface area contributed by atoms with Crippen molar-refractivity contribution >= 4 is 17.7 Å². The van der Waals surface area contributed by atoms with Crippen LogP contribution in [0.4, 0.5) is 0 Å². The third kappa shape index (κ3) is 4.62. The van der Waals surface area contributed by atoms with Gasteiger partial charge in [0.15, 0.2) is 0 Å². The van der Waals surface area contributed by atoms with Crippen LogP contribution in [0.5, 0.6) is 0 Å². The summed E-state index contributed by atoms with van der Waals surface area (Å²) in [5.41, 5.74) is 5.91. The van der Waals surface area contributed by atoms with Gasteiger partial charge >= 0.3 is 0 Å². The SMILES string of the molecule is COCCN(C(=O)CN1CCC(N)CC1)C1CCSC1. The molecule has 0 aromatic heterocycles. The first-order chi connectivity index (χ1) is 9.70. The number of carbonyl (C=O) groups is 1. The van der Waals surface area contributed by atoms with Crippen molar-refractivity contribution in [3.8, 4) is 0 Å². The van der Waals surface area contributed by atoms with Gasteiger partial charge in [0.1, 0.15) is 0 Å². The predicted molar refractivity (Wildman–Crippen MR) is 83.0 cm³/mol. The number of piperidine rings is 1. The van der Waals surface area contributed by atoms with Crippen LogP contribution in [0.1, 0.15) is 19.3 Å². The van der Waals surface area contributed by atoms with Crippen molar-refractivity contribution in [2.24, 2.45) is 5.73 Å². The number of carbonyl (C=O) groups excluding carboxylic acids is 1. The Morgan fingerprint density at radius 3 is 2.75 bits per heavy atom.